The summed E-state index contributed by atoms with van der Waals surface area (Å²) in [6.07, 6.45) is 0. The van der Waals surface area contributed by atoms with Gasteiger partial charge in [0.05, 0.1) is 6.04 Å². The fourth-order valence-electron chi connectivity index (χ4n) is 2.50. The van der Waals surface area contributed by atoms with Crippen LogP contribution in [-0.4, -0.2) is 53.8 Å². The Morgan fingerprint density at radius 3 is 2.22 bits per heavy atom. The Morgan fingerprint density at radius 1 is 1.13 bits per heavy atom. The van der Waals surface area contributed by atoms with E-state index in [1.54, 1.807) is 34.1 Å². The first-order valence-electron chi connectivity index (χ1n) is 7.79. The van der Waals surface area contributed by atoms with Crippen LogP contribution in [0.1, 0.15) is 31.1 Å². The molecule has 23 heavy (non-hydrogen) atoms. The second kappa shape index (κ2) is 6.89. The van der Waals surface area contributed by atoms with Crippen molar-refractivity contribution in [3.8, 4) is 0 Å². The van der Waals surface area contributed by atoms with Crippen LogP contribution in [0.2, 0.25) is 5.02 Å². The van der Waals surface area contributed by atoms with Crippen molar-refractivity contribution in [1.29, 1.82) is 0 Å². The zero-order valence-electron chi connectivity index (χ0n) is 13.9. The molecule has 1 heterocycles. The van der Waals surface area contributed by atoms with Crippen LogP contribution in [-0.2, 0) is 4.79 Å². The topological polar surface area (TPSA) is 66.6 Å². The van der Waals surface area contributed by atoms with Crippen molar-refractivity contribution in [2.24, 2.45) is 11.1 Å². The summed E-state index contributed by atoms with van der Waals surface area (Å²) < 4.78 is 0. The largest absolute Gasteiger partial charge is 0.338 e. The van der Waals surface area contributed by atoms with Crippen LogP contribution in [0.3, 0.4) is 0 Å². The van der Waals surface area contributed by atoms with Gasteiger partial charge in [-0.15, -0.1) is 0 Å². The van der Waals surface area contributed by atoms with Crippen LogP contribution in [0, 0.1) is 5.41 Å². The van der Waals surface area contributed by atoms with Gasteiger partial charge >= 0.3 is 0 Å². The zero-order valence-corrected chi connectivity index (χ0v) is 14.6. The molecule has 2 N–H and O–H groups in total. The number of halogens is 1. The lowest BCUT2D eigenvalue weighted by Crippen LogP contribution is -2.56. The van der Waals surface area contributed by atoms with Crippen molar-refractivity contribution in [3.63, 3.8) is 0 Å². The molecule has 1 fully saturated rings. The average Bonchev–Trinajstić information content (AvgIpc) is 2.52. The predicted octanol–water partition coefficient (Wildman–Crippen LogP) is 2.00. The summed E-state index contributed by atoms with van der Waals surface area (Å²) in [5.41, 5.74) is 6.34. The minimum atomic E-state index is -0.530. The molecule has 2 rings (SSSR count). The molecule has 6 heteroatoms. The summed E-state index contributed by atoms with van der Waals surface area (Å²) in [6.45, 7) is 7.89. The van der Waals surface area contributed by atoms with Crippen molar-refractivity contribution in [2.75, 3.05) is 26.2 Å². The highest BCUT2D eigenvalue weighted by Gasteiger charge is 2.33. The van der Waals surface area contributed by atoms with Crippen molar-refractivity contribution in [2.45, 2.75) is 26.8 Å². The molecule has 0 aliphatic carbocycles. The van der Waals surface area contributed by atoms with Crippen LogP contribution in [0.15, 0.2) is 24.3 Å². The van der Waals surface area contributed by atoms with E-state index in [1.807, 2.05) is 20.8 Å². The van der Waals surface area contributed by atoms with E-state index in [0.29, 0.717) is 36.8 Å². The SMILES string of the molecule is CC(C)(C)[C@H](N)C(=O)N1CCN(C(=O)c2cccc(Cl)c2)CC1. The van der Waals surface area contributed by atoms with E-state index < -0.39 is 6.04 Å². The van der Waals surface area contributed by atoms with E-state index in [-0.39, 0.29) is 17.2 Å². The van der Waals surface area contributed by atoms with Crippen LogP contribution in [0.4, 0.5) is 0 Å². The third-order valence-corrected chi connectivity index (χ3v) is 4.38. The number of carbonyl (C=O) groups excluding carboxylic acids is 2. The molecule has 1 aromatic carbocycles. The number of hydrogen-bond acceptors (Lipinski definition) is 3. The third kappa shape index (κ3) is 4.24. The third-order valence-electron chi connectivity index (χ3n) is 4.15. The molecule has 0 bridgehead atoms. The van der Waals surface area contributed by atoms with Crippen LogP contribution in [0.25, 0.3) is 0 Å². The number of carbonyl (C=O) groups is 2. The van der Waals surface area contributed by atoms with Gasteiger partial charge in [-0.25, -0.2) is 0 Å². The molecule has 1 aromatic rings. The molecule has 0 radical (unpaired) electrons. The zero-order chi connectivity index (χ0) is 17.2. The minimum Gasteiger partial charge on any atom is -0.338 e. The van der Waals surface area contributed by atoms with Gasteiger partial charge in [0.25, 0.3) is 5.91 Å². The summed E-state index contributed by atoms with van der Waals surface area (Å²) in [7, 11) is 0. The standard InChI is InChI=1S/C17H24ClN3O2/c1-17(2,3)14(19)16(23)21-9-7-20(8-10-21)15(22)12-5-4-6-13(18)11-12/h4-6,11,14H,7-10,19H2,1-3H3/t14-/m1/s1. The summed E-state index contributed by atoms with van der Waals surface area (Å²) >= 11 is 5.93. The molecule has 1 aliphatic heterocycles. The van der Waals surface area contributed by atoms with Crippen LogP contribution in [0.5, 0.6) is 0 Å². The summed E-state index contributed by atoms with van der Waals surface area (Å²) in [5, 5.41) is 0.542. The Hall–Kier alpha value is -1.59. The maximum atomic E-state index is 12.5. The molecule has 1 atom stereocenters. The Bertz CT molecular complexity index is 590. The summed E-state index contributed by atoms with van der Waals surface area (Å²) in [4.78, 5) is 28.4. The lowest BCUT2D eigenvalue weighted by molar-refractivity contribution is -0.136. The molecule has 0 saturated carbocycles. The molecule has 0 aromatic heterocycles. The minimum absolute atomic E-state index is 0.0487. The van der Waals surface area contributed by atoms with Gasteiger partial charge in [-0.05, 0) is 23.6 Å². The van der Waals surface area contributed by atoms with Gasteiger partial charge in [0.1, 0.15) is 0 Å². The first kappa shape index (κ1) is 17.8. The number of rotatable bonds is 2. The number of nitrogens with two attached hydrogens (primary N) is 1. The highest BCUT2D eigenvalue weighted by Crippen LogP contribution is 2.20. The van der Waals surface area contributed by atoms with Gasteiger partial charge < -0.3 is 15.5 Å². The van der Waals surface area contributed by atoms with Crippen LogP contribution < -0.4 is 5.73 Å². The first-order valence-corrected chi connectivity index (χ1v) is 8.17. The Kier molecular flexibility index (Phi) is 5.32. The Balaban J connectivity index is 1.96. The second-order valence-corrected chi connectivity index (χ2v) is 7.41. The summed E-state index contributed by atoms with van der Waals surface area (Å²) in [5.74, 6) is -0.105. The van der Waals surface area contributed by atoms with Gasteiger partial charge in [0.2, 0.25) is 5.91 Å². The van der Waals surface area contributed by atoms with E-state index in [2.05, 4.69) is 0 Å². The monoisotopic (exact) mass is 337 g/mol. The molecule has 0 spiro atoms. The smallest absolute Gasteiger partial charge is 0.254 e. The predicted molar refractivity (Wildman–Crippen MR) is 91.4 cm³/mol. The number of benzene rings is 1. The molecular weight excluding hydrogens is 314 g/mol. The molecule has 126 valence electrons. The highest BCUT2D eigenvalue weighted by atomic mass is 35.5. The maximum Gasteiger partial charge on any atom is 0.254 e. The van der Waals surface area contributed by atoms with Crippen molar-refractivity contribution in [3.05, 3.63) is 34.9 Å². The van der Waals surface area contributed by atoms with Gasteiger partial charge in [-0.1, -0.05) is 38.4 Å². The van der Waals surface area contributed by atoms with E-state index in [4.69, 9.17) is 17.3 Å². The normalized spacial score (nSPS) is 17.1. The van der Waals surface area contributed by atoms with E-state index in [9.17, 15) is 9.59 Å². The lowest BCUT2D eigenvalue weighted by Gasteiger charge is -2.38. The van der Waals surface area contributed by atoms with Crippen LogP contribution >= 0.6 is 11.6 Å². The van der Waals surface area contributed by atoms with Gasteiger partial charge in [-0.2, -0.15) is 0 Å². The van der Waals surface area contributed by atoms with Crippen molar-refractivity contribution >= 4 is 23.4 Å². The lowest BCUT2D eigenvalue weighted by atomic mass is 9.86. The number of piperazine rings is 1. The Morgan fingerprint density at radius 2 is 1.70 bits per heavy atom. The van der Waals surface area contributed by atoms with Crippen molar-refractivity contribution < 1.29 is 9.59 Å². The van der Waals surface area contributed by atoms with E-state index in [1.165, 1.54) is 0 Å². The number of hydrogen-bond donors (Lipinski definition) is 1. The molecule has 5 nitrogen and oxygen atoms in total. The molecule has 0 unspecified atom stereocenters. The van der Waals surface area contributed by atoms with Gasteiger partial charge in [-0.3, -0.25) is 9.59 Å². The number of nitrogens with zero attached hydrogens (tertiary/aromatic N) is 2. The molecule has 1 aliphatic rings. The summed E-state index contributed by atoms with van der Waals surface area (Å²) in [6, 6.07) is 6.39. The molecule has 2 amide bonds. The maximum absolute atomic E-state index is 12.5. The fourth-order valence-corrected chi connectivity index (χ4v) is 2.69. The first-order chi connectivity index (χ1) is 10.7. The number of amides is 2. The van der Waals surface area contributed by atoms with Crippen molar-refractivity contribution in [1.82, 2.24) is 9.80 Å². The quantitative estimate of drug-likeness (QED) is 0.897. The van der Waals surface area contributed by atoms with Gasteiger partial charge in [0, 0.05) is 36.8 Å². The highest BCUT2D eigenvalue weighted by molar-refractivity contribution is 6.30. The van der Waals surface area contributed by atoms with Gasteiger partial charge in [0.15, 0.2) is 0 Å². The Labute approximate surface area is 142 Å². The average molecular weight is 338 g/mol. The fraction of sp³-hybridized carbons (Fsp3) is 0.529. The molecular formula is C17H24ClN3O2. The second-order valence-electron chi connectivity index (χ2n) is 6.97. The molecule has 1 saturated heterocycles. The van der Waals surface area contributed by atoms with E-state index in [0.717, 1.165) is 0 Å². The van der Waals surface area contributed by atoms with E-state index >= 15 is 0 Å².